The summed E-state index contributed by atoms with van der Waals surface area (Å²) in [5.74, 6) is 0. The Morgan fingerprint density at radius 3 is 2.57 bits per heavy atom. The minimum atomic E-state index is -0.469. The second-order valence-electron chi connectivity index (χ2n) is 3.56. The maximum atomic E-state index is 8.98. The van der Waals surface area contributed by atoms with Crippen molar-refractivity contribution in [2.75, 3.05) is 40.4 Å². The Hall–Kier alpha value is -0.630. The summed E-state index contributed by atoms with van der Waals surface area (Å²) in [6, 6.07) is 2.28. The molecular formula is C10H21N3O. The van der Waals surface area contributed by atoms with Gasteiger partial charge in [0, 0.05) is 20.2 Å². The van der Waals surface area contributed by atoms with Crippen LogP contribution in [-0.4, -0.2) is 50.8 Å². The average molecular weight is 199 g/mol. The van der Waals surface area contributed by atoms with Crippen molar-refractivity contribution in [3.8, 4) is 6.07 Å². The van der Waals surface area contributed by atoms with Crippen molar-refractivity contribution >= 4 is 0 Å². The van der Waals surface area contributed by atoms with E-state index in [9.17, 15) is 0 Å². The molecular weight excluding hydrogens is 178 g/mol. The van der Waals surface area contributed by atoms with E-state index in [0.717, 1.165) is 19.6 Å². The summed E-state index contributed by atoms with van der Waals surface area (Å²) in [6.45, 7) is 7.22. The number of methoxy groups -OCH3 is 1. The third-order valence-electron chi connectivity index (χ3n) is 2.40. The largest absolute Gasteiger partial charge is 0.383 e. The van der Waals surface area contributed by atoms with E-state index in [0.29, 0.717) is 6.61 Å². The zero-order valence-corrected chi connectivity index (χ0v) is 9.63. The van der Waals surface area contributed by atoms with Gasteiger partial charge in [-0.2, -0.15) is 5.26 Å². The van der Waals surface area contributed by atoms with Gasteiger partial charge < -0.3 is 10.1 Å². The van der Waals surface area contributed by atoms with Gasteiger partial charge >= 0.3 is 0 Å². The molecule has 0 saturated carbocycles. The first-order valence-electron chi connectivity index (χ1n) is 4.93. The summed E-state index contributed by atoms with van der Waals surface area (Å²) < 4.78 is 5.01. The summed E-state index contributed by atoms with van der Waals surface area (Å²) in [5, 5.41) is 12.0. The van der Waals surface area contributed by atoms with Crippen LogP contribution in [-0.2, 0) is 4.74 Å². The molecule has 0 aromatic rings. The first kappa shape index (κ1) is 13.4. The van der Waals surface area contributed by atoms with Crippen molar-refractivity contribution in [3.05, 3.63) is 0 Å². The predicted molar refractivity (Wildman–Crippen MR) is 57.1 cm³/mol. The molecule has 1 atom stereocenters. The minimum absolute atomic E-state index is 0.469. The standard InChI is InChI=1S/C10H21N3O/c1-5-13(6-7-14-4)9-10(2,8-11)12-3/h12H,5-7,9H2,1-4H3. The fraction of sp³-hybridized carbons (Fsp3) is 0.900. The van der Waals surface area contributed by atoms with E-state index in [-0.39, 0.29) is 0 Å². The van der Waals surface area contributed by atoms with E-state index in [1.807, 2.05) is 14.0 Å². The zero-order valence-electron chi connectivity index (χ0n) is 9.63. The highest BCUT2D eigenvalue weighted by Gasteiger charge is 2.23. The Morgan fingerprint density at radius 2 is 2.21 bits per heavy atom. The van der Waals surface area contributed by atoms with Crippen LogP contribution in [0.1, 0.15) is 13.8 Å². The van der Waals surface area contributed by atoms with E-state index in [4.69, 9.17) is 10.00 Å². The number of ether oxygens (including phenoxy) is 1. The Labute approximate surface area is 86.8 Å². The van der Waals surface area contributed by atoms with Crippen LogP contribution in [0, 0.1) is 11.3 Å². The van der Waals surface area contributed by atoms with Crippen molar-refractivity contribution < 1.29 is 4.74 Å². The molecule has 4 nitrogen and oxygen atoms in total. The second kappa shape index (κ2) is 6.77. The van der Waals surface area contributed by atoms with Crippen LogP contribution in [0.25, 0.3) is 0 Å². The lowest BCUT2D eigenvalue weighted by molar-refractivity contribution is 0.139. The van der Waals surface area contributed by atoms with Gasteiger partial charge in [0.25, 0.3) is 0 Å². The average Bonchev–Trinajstić information content (AvgIpc) is 2.23. The van der Waals surface area contributed by atoms with Gasteiger partial charge in [0.2, 0.25) is 0 Å². The van der Waals surface area contributed by atoms with Crippen LogP contribution in [0.15, 0.2) is 0 Å². The number of likely N-dealkylation sites (N-methyl/N-ethyl adjacent to an activating group) is 2. The lowest BCUT2D eigenvalue weighted by atomic mass is 10.0. The number of rotatable bonds is 7. The molecule has 0 spiro atoms. The van der Waals surface area contributed by atoms with Gasteiger partial charge in [-0.3, -0.25) is 4.90 Å². The fourth-order valence-corrected chi connectivity index (χ4v) is 1.19. The van der Waals surface area contributed by atoms with Gasteiger partial charge in [0.1, 0.15) is 5.54 Å². The molecule has 0 aliphatic heterocycles. The van der Waals surface area contributed by atoms with Gasteiger partial charge in [-0.1, -0.05) is 6.92 Å². The highest BCUT2D eigenvalue weighted by molar-refractivity contribution is 5.04. The second-order valence-corrected chi connectivity index (χ2v) is 3.56. The number of nitrogens with one attached hydrogen (secondary N) is 1. The van der Waals surface area contributed by atoms with Gasteiger partial charge in [0.05, 0.1) is 12.7 Å². The van der Waals surface area contributed by atoms with Crippen LogP contribution in [0.3, 0.4) is 0 Å². The van der Waals surface area contributed by atoms with E-state index in [2.05, 4.69) is 23.2 Å². The van der Waals surface area contributed by atoms with Crippen molar-refractivity contribution in [1.29, 1.82) is 5.26 Å². The van der Waals surface area contributed by atoms with Crippen molar-refractivity contribution in [1.82, 2.24) is 10.2 Å². The summed E-state index contributed by atoms with van der Waals surface area (Å²) in [5.41, 5.74) is -0.469. The molecule has 0 saturated heterocycles. The highest BCUT2D eigenvalue weighted by Crippen LogP contribution is 2.04. The third kappa shape index (κ3) is 4.56. The molecule has 0 radical (unpaired) electrons. The molecule has 0 aliphatic rings. The summed E-state index contributed by atoms with van der Waals surface area (Å²) in [4.78, 5) is 2.20. The van der Waals surface area contributed by atoms with Crippen molar-refractivity contribution in [2.45, 2.75) is 19.4 Å². The zero-order chi connectivity index (χ0) is 11.0. The predicted octanol–water partition coefficient (Wildman–Crippen LogP) is 0.456. The van der Waals surface area contributed by atoms with E-state index >= 15 is 0 Å². The Bertz CT molecular complexity index is 190. The fourth-order valence-electron chi connectivity index (χ4n) is 1.19. The molecule has 14 heavy (non-hydrogen) atoms. The number of nitriles is 1. The van der Waals surface area contributed by atoms with Crippen LogP contribution in [0.5, 0.6) is 0 Å². The molecule has 1 unspecified atom stereocenters. The Balaban J connectivity index is 4.09. The van der Waals surface area contributed by atoms with Gasteiger partial charge in [0.15, 0.2) is 0 Å². The molecule has 1 N–H and O–H groups in total. The summed E-state index contributed by atoms with van der Waals surface area (Å²) in [6.07, 6.45) is 0. The molecule has 0 aliphatic carbocycles. The summed E-state index contributed by atoms with van der Waals surface area (Å²) >= 11 is 0. The smallest absolute Gasteiger partial charge is 0.116 e. The van der Waals surface area contributed by atoms with Crippen LogP contribution in [0.2, 0.25) is 0 Å². The molecule has 0 amide bonds. The number of hydrogen-bond donors (Lipinski definition) is 1. The minimum Gasteiger partial charge on any atom is -0.383 e. The number of nitrogens with zero attached hydrogens (tertiary/aromatic N) is 2. The van der Waals surface area contributed by atoms with Gasteiger partial charge in [-0.05, 0) is 20.5 Å². The van der Waals surface area contributed by atoms with Crippen LogP contribution in [0.4, 0.5) is 0 Å². The summed E-state index contributed by atoms with van der Waals surface area (Å²) in [7, 11) is 3.50. The van der Waals surface area contributed by atoms with Crippen LogP contribution < -0.4 is 5.32 Å². The third-order valence-corrected chi connectivity index (χ3v) is 2.40. The van der Waals surface area contributed by atoms with Crippen molar-refractivity contribution in [2.24, 2.45) is 0 Å². The molecule has 0 heterocycles. The van der Waals surface area contributed by atoms with Gasteiger partial charge in [-0.15, -0.1) is 0 Å². The molecule has 0 fully saturated rings. The SMILES string of the molecule is CCN(CCOC)CC(C)(C#N)NC. The highest BCUT2D eigenvalue weighted by atomic mass is 16.5. The lowest BCUT2D eigenvalue weighted by Gasteiger charge is -2.29. The van der Waals surface area contributed by atoms with E-state index in [1.54, 1.807) is 7.11 Å². The molecule has 82 valence electrons. The Morgan fingerprint density at radius 1 is 1.57 bits per heavy atom. The monoisotopic (exact) mass is 199 g/mol. The van der Waals surface area contributed by atoms with Gasteiger partial charge in [-0.25, -0.2) is 0 Å². The lowest BCUT2D eigenvalue weighted by Crippen LogP contribution is -2.49. The molecule has 4 heteroatoms. The maximum Gasteiger partial charge on any atom is 0.116 e. The first-order chi connectivity index (χ1) is 6.61. The molecule has 0 bridgehead atoms. The first-order valence-corrected chi connectivity index (χ1v) is 4.93. The molecule has 0 aromatic heterocycles. The number of hydrogen-bond acceptors (Lipinski definition) is 4. The quantitative estimate of drug-likeness (QED) is 0.647. The molecule has 0 aromatic carbocycles. The van der Waals surface area contributed by atoms with E-state index in [1.165, 1.54) is 0 Å². The molecule has 0 rings (SSSR count). The van der Waals surface area contributed by atoms with E-state index < -0.39 is 5.54 Å². The van der Waals surface area contributed by atoms with Crippen molar-refractivity contribution in [3.63, 3.8) is 0 Å². The Kier molecular flexibility index (Phi) is 6.46. The maximum absolute atomic E-state index is 8.98. The normalized spacial score (nSPS) is 15.1. The topological polar surface area (TPSA) is 48.3 Å². The van der Waals surface area contributed by atoms with Crippen LogP contribution >= 0.6 is 0 Å².